The molecule has 0 radical (unpaired) electrons. The van der Waals surface area contributed by atoms with Crippen molar-refractivity contribution in [1.82, 2.24) is 5.32 Å². The van der Waals surface area contributed by atoms with Gasteiger partial charge in [0.2, 0.25) is 5.91 Å². The van der Waals surface area contributed by atoms with Crippen LogP contribution in [0.15, 0.2) is 29.2 Å². The van der Waals surface area contributed by atoms with E-state index in [0.29, 0.717) is 18.4 Å². The highest BCUT2D eigenvalue weighted by molar-refractivity contribution is 7.92. The summed E-state index contributed by atoms with van der Waals surface area (Å²) in [5, 5.41) is 11.3. The summed E-state index contributed by atoms with van der Waals surface area (Å²) in [6, 6.07) is 6.13. The average molecular weight is 339 g/mol. The van der Waals surface area contributed by atoms with Crippen LogP contribution in [0.3, 0.4) is 0 Å². The molecule has 0 heterocycles. The van der Waals surface area contributed by atoms with Crippen LogP contribution in [0.4, 0.5) is 0 Å². The number of rotatable bonds is 6. The maximum Gasteiger partial charge on any atom is 0.329 e. The van der Waals surface area contributed by atoms with Crippen molar-refractivity contribution in [2.45, 2.75) is 55.2 Å². The second-order valence-electron chi connectivity index (χ2n) is 6.20. The standard InChI is InChI=1S/C16H21NO5S/c1-11(2)23(21,22)13-6-4-12(5-7-13)10-14(18)17-16(15(19)20)8-3-9-16/h4-7,11H,3,8-10H2,1-2H3,(H,17,18)(H,19,20). The summed E-state index contributed by atoms with van der Waals surface area (Å²) in [4.78, 5) is 23.5. The summed E-state index contributed by atoms with van der Waals surface area (Å²) in [7, 11) is -3.34. The fourth-order valence-electron chi connectivity index (χ4n) is 2.49. The number of hydrogen-bond acceptors (Lipinski definition) is 4. The fourth-order valence-corrected chi connectivity index (χ4v) is 3.55. The Balaban J connectivity index is 2.04. The number of sulfone groups is 1. The lowest BCUT2D eigenvalue weighted by Gasteiger charge is -2.38. The Morgan fingerprint density at radius 2 is 1.78 bits per heavy atom. The number of carboxylic acids is 1. The van der Waals surface area contributed by atoms with Gasteiger partial charge in [-0.05, 0) is 50.8 Å². The predicted molar refractivity (Wildman–Crippen MR) is 84.8 cm³/mol. The van der Waals surface area contributed by atoms with Crippen LogP contribution in [0.1, 0.15) is 38.7 Å². The van der Waals surface area contributed by atoms with Crippen LogP contribution in [-0.2, 0) is 25.8 Å². The molecule has 1 aromatic carbocycles. The lowest BCUT2D eigenvalue weighted by atomic mass is 9.76. The zero-order valence-electron chi connectivity index (χ0n) is 13.2. The number of aliphatic carboxylic acids is 1. The molecule has 2 rings (SSSR count). The van der Waals surface area contributed by atoms with Crippen molar-refractivity contribution in [2.24, 2.45) is 0 Å². The Morgan fingerprint density at radius 3 is 2.17 bits per heavy atom. The molecule has 0 aliphatic heterocycles. The highest BCUT2D eigenvalue weighted by Crippen LogP contribution is 2.32. The van der Waals surface area contributed by atoms with Gasteiger partial charge in [0.1, 0.15) is 5.54 Å². The minimum atomic E-state index is -3.34. The maximum atomic E-state index is 12.0. The third kappa shape index (κ3) is 3.55. The van der Waals surface area contributed by atoms with Gasteiger partial charge < -0.3 is 10.4 Å². The highest BCUT2D eigenvalue weighted by atomic mass is 32.2. The molecule has 23 heavy (non-hydrogen) atoms. The van der Waals surface area contributed by atoms with Crippen LogP contribution in [0, 0.1) is 0 Å². The summed E-state index contributed by atoms with van der Waals surface area (Å²) in [5.41, 5.74) is -0.483. The lowest BCUT2D eigenvalue weighted by molar-refractivity contribution is -0.151. The summed E-state index contributed by atoms with van der Waals surface area (Å²) in [5.74, 6) is -1.37. The van der Waals surface area contributed by atoms with E-state index in [0.717, 1.165) is 6.42 Å². The SMILES string of the molecule is CC(C)S(=O)(=O)c1ccc(CC(=O)NC2(C(=O)O)CCC2)cc1. The molecule has 1 aromatic rings. The number of benzene rings is 1. The van der Waals surface area contributed by atoms with Crippen LogP contribution in [0.2, 0.25) is 0 Å². The van der Waals surface area contributed by atoms with Gasteiger partial charge in [-0.25, -0.2) is 13.2 Å². The Kier molecular flexibility index (Phi) is 4.79. The topological polar surface area (TPSA) is 101 Å². The molecule has 7 heteroatoms. The van der Waals surface area contributed by atoms with E-state index in [1.165, 1.54) is 12.1 Å². The molecule has 1 fully saturated rings. The molecule has 1 amide bonds. The summed E-state index contributed by atoms with van der Waals surface area (Å²) in [6.45, 7) is 3.22. The van der Waals surface area contributed by atoms with E-state index in [1.807, 2.05) is 0 Å². The summed E-state index contributed by atoms with van der Waals surface area (Å²) >= 11 is 0. The zero-order chi connectivity index (χ0) is 17.3. The van der Waals surface area contributed by atoms with Gasteiger partial charge in [-0.3, -0.25) is 4.79 Å². The van der Waals surface area contributed by atoms with Crippen molar-refractivity contribution in [3.05, 3.63) is 29.8 Å². The zero-order valence-corrected chi connectivity index (χ0v) is 14.0. The summed E-state index contributed by atoms with van der Waals surface area (Å²) < 4.78 is 24.1. The van der Waals surface area contributed by atoms with E-state index in [1.54, 1.807) is 26.0 Å². The molecular formula is C16H21NO5S. The van der Waals surface area contributed by atoms with Gasteiger partial charge >= 0.3 is 5.97 Å². The van der Waals surface area contributed by atoms with Gasteiger partial charge in [-0.2, -0.15) is 0 Å². The van der Waals surface area contributed by atoms with Crippen LogP contribution in [0.5, 0.6) is 0 Å². The molecule has 1 aliphatic carbocycles. The number of carboxylic acid groups (broad SMARTS) is 1. The second kappa shape index (κ2) is 6.31. The van der Waals surface area contributed by atoms with Crippen molar-refractivity contribution in [1.29, 1.82) is 0 Å². The minimum absolute atomic E-state index is 0.0248. The molecule has 1 aliphatic rings. The van der Waals surface area contributed by atoms with Gasteiger partial charge in [0.15, 0.2) is 9.84 Å². The number of hydrogen-bond donors (Lipinski definition) is 2. The van der Waals surface area contributed by atoms with E-state index < -0.39 is 26.6 Å². The monoisotopic (exact) mass is 339 g/mol. The first-order valence-electron chi connectivity index (χ1n) is 7.55. The Morgan fingerprint density at radius 1 is 1.22 bits per heavy atom. The normalized spacial score (nSPS) is 16.7. The van der Waals surface area contributed by atoms with E-state index in [9.17, 15) is 23.1 Å². The van der Waals surface area contributed by atoms with E-state index in [-0.39, 0.29) is 17.2 Å². The first-order chi connectivity index (χ1) is 10.7. The van der Waals surface area contributed by atoms with Gasteiger partial charge in [-0.15, -0.1) is 0 Å². The first-order valence-corrected chi connectivity index (χ1v) is 9.09. The van der Waals surface area contributed by atoms with Crippen molar-refractivity contribution in [2.75, 3.05) is 0 Å². The van der Waals surface area contributed by atoms with Gasteiger partial charge in [0, 0.05) is 0 Å². The third-order valence-corrected chi connectivity index (χ3v) is 6.40. The first kappa shape index (κ1) is 17.5. The van der Waals surface area contributed by atoms with Gasteiger partial charge in [0.25, 0.3) is 0 Å². The van der Waals surface area contributed by atoms with E-state index in [2.05, 4.69) is 5.32 Å². The predicted octanol–water partition coefficient (Wildman–Crippen LogP) is 1.53. The van der Waals surface area contributed by atoms with Gasteiger partial charge in [0.05, 0.1) is 16.6 Å². The molecule has 0 saturated heterocycles. The van der Waals surface area contributed by atoms with E-state index >= 15 is 0 Å². The van der Waals surface area contributed by atoms with Crippen molar-refractivity contribution >= 4 is 21.7 Å². The largest absolute Gasteiger partial charge is 0.480 e. The van der Waals surface area contributed by atoms with Crippen molar-refractivity contribution in [3.8, 4) is 0 Å². The van der Waals surface area contributed by atoms with Crippen LogP contribution in [0.25, 0.3) is 0 Å². The molecule has 6 nitrogen and oxygen atoms in total. The molecule has 126 valence electrons. The molecule has 0 spiro atoms. The van der Waals surface area contributed by atoms with Crippen LogP contribution in [-0.4, -0.2) is 36.2 Å². The number of carbonyl (C=O) groups excluding carboxylic acids is 1. The molecule has 0 aromatic heterocycles. The average Bonchev–Trinajstić information content (AvgIpc) is 2.43. The Bertz CT molecular complexity index is 702. The molecule has 0 atom stereocenters. The number of amides is 1. The van der Waals surface area contributed by atoms with Gasteiger partial charge in [-0.1, -0.05) is 12.1 Å². The highest BCUT2D eigenvalue weighted by Gasteiger charge is 2.45. The number of nitrogens with one attached hydrogen (secondary N) is 1. The quantitative estimate of drug-likeness (QED) is 0.819. The second-order valence-corrected chi connectivity index (χ2v) is 8.71. The smallest absolute Gasteiger partial charge is 0.329 e. The third-order valence-electron chi connectivity index (χ3n) is 4.23. The molecule has 0 bridgehead atoms. The lowest BCUT2D eigenvalue weighted by Crippen LogP contribution is -2.59. The van der Waals surface area contributed by atoms with Crippen LogP contribution < -0.4 is 5.32 Å². The summed E-state index contributed by atoms with van der Waals surface area (Å²) in [6.07, 6.45) is 1.70. The van der Waals surface area contributed by atoms with Crippen LogP contribution >= 0.6 is 0 Å². The molecule has 1 saturated carbocycles. The van der Waals surface area contributed by atoms with E-state index in [4.69, 9.17) is 0 Å². The Hall–Kier alpha value is -1.89. The molecule has 2 N–H and O–H groups in total. The van der Waals surface area contributed by atoms with Crippen molar-refractivity contribution < 1.29 is 23.1 Å². The van der Waals surface area contributed by atoms with Crippen molar-refractivity contribution in [3.63, 3.8) is 0 Å². The maximum absolute atomic E-state index is 12.0. The molecule has 0 unspecified atom stereocenters. The Labute approximate surface area is 135 Å². The number of carbonyl (C=O) groups is 2. The fraction of sp³-hybridized carbons (Fsp3) is 0.500. The molecular weight excluding hydrogens is 318 g/mol. The minimum Gasteiger partial charge on any atom is -0.480 e.